The molecule has 1 heterocycles. The molecule has 0 N–H and O–H groups in total. The summed E-state index contributed by atoms with van der Waals surface area (Å²) in [6, 6.07) is 14.6. The van der Waals surface area contributed by atoms with Crippen LogP contribution in [0.4, 0.5) is 0 Å². The SMILES string of the molecule is Brc1ccc2ccccc2c1.C1CCOC1. The van der Waals surface area contributed by atoms with E-state index in [9.17, 15) is 0 Å². The van der Waals surface area contributed by atoms with Crippen molar-refractivity contribution in [1.29, 1.82) is 0 Å². The van der Waals surface area contributed by atoms with Crippen LogP contribution >= 0.6 is 15.9 Å². The fraction of sp³-hybridized carbons (Fsp3) is 0.286. The second kappa shape index (κ2) is 6.02. The number of fused-ring (bicyclic) bond motifs is 1. The predicted molar refractivity (Wildman–Crippen MR) is 71.7 cm³/mol. The summed E-state index contributed by atoms with van der Waals surface area (Å²) in [7, 11) is 0. The molecule has 1 nitrogen and oxygen atoms in total. The third-order valence-corrected chi connectivity index (χ3v) is 3.03. The number of halogens is 1. The highest BCUT2D eigenvalue weighted by molar-refractivity contribution is 9.10. The van der Waals surface area contributed by atoms with Gasteiger partial charge < -0.3 is 4.74 Å². The van der Waals surface area contributed by atoms with Gasteiger partial charge in [-0.15, -0.1) is 0 Å². The van der Waals surface area contributed by atoms with Crippen LogP contribution in [0.15, 0.2) is 46.9 Å². The van der Waals surface area contributed by atoms with Gasteiger partial charge in [-0.2, -0.15) is 0 Å². The Morgan fingerprint density at radius 1 is 0.875 bits per heavy atom. The molecule has 0 amide bonds. The highest BCUT2D eigenvalue weighted by atomic mass is 79.9. The molecule has 1 aliphatic heterocycles. The smallest absolute Gasteiger partial charge is 0.0466 e. The molecule has 3 rings (SSSR count). The zero-order chi connectivity index (χ0) is 11.2. The molecule has 0 aliphatic carbocycles. The Labute approximate surface area is 105 Å². The molecule has 2 heteroatoms. The quantitative estimate of drug-likeness (QED) is 0.694. The molecule has 0 unspecified atom stereocenters. The van der Waals surface area contributed by atoms with Crippen molar-refractivity contribution in [3.8, 4) is 0 Å². The van der Waals surface area contributed by atoms with E-state index in [0.29, 0.717) is 0 Å². The molecule has 0 radical (unpaired) electrons. The molecule has 84 valence electrons. The van der Waals surface area contributed by atoms with E-state index < -0.39 is 0 Å². The standard InChI is InChI=1S/C10H7Br.C4H8O/c11-10-6-5-8-3-1-2-4-9(8)7-10;1-2-4-5-3-1/h1-7H;1-4H2. The molecule has 1 aliphatic rings. The monoisotopic (exact) mass is 278 g/mol. The van der Waals surface area contributed by atoms with Gasteiger partial charge in [0.05, 0.1) is 0 Å². The van der Waals surface area contributed by atoms with Crippen LogP contribution in [-0.4, -0.2) is 13.2 Å². The van der Waals surface area contributed by atoms with Crippen LogP contribution < -0.4 is 0 Å². The lowest BCUT2D eigenvalue weighted by atomic mass is 10.1. The van der Waals surface area contributed by atoms with Gasteiger partial charge in [-0.3, -0.25) is 0 Å². The van der Waals surface area contributed by atoms with Crippen molar-refractivity contribution in [1.82, 2.24) is 0 Å². The van der Waals surface area contributed by atoms with Gasteiger partial charge in [0.1, 0.15) is 0 Å². The number of hydrogen-bond acceptors (Lipinski definition) is 1. The van der Waals surface area contributed by atoms with E-state index in [1.54, 1.807) is 0 Å². The van der Waals surface area contributed by atoms with Crippen LogP contribution in [0.2, 0.25) is 0 Å². The molecule has 2 aromatic carbocycles. The Hall–Kier alpha value is -0.860. The first-order valence-electron chi connectivity index (χ1n) is 5.58. The van der Waals surface area contributed by atoms with Gasteiger partial charge in [0.15, 0.2) is 0 Å². The second-order valence-electron chi connectivity index (χ2n) is 3.81. The van der Waals surface area contributed by atoms with Gasteiger partial charge in [-0.1, -0.05) is 46.3 Å². The average Bonchev–Trinajstić information content (AvgIpc) is 2.87. The van der Waals surface area contributed by atoms with Crippen molar-refractivity contribution < 1.29 is 4.74 Å². The molecule has 0 aromatic heterocycles. The van der Waals surface area contributed by atoms with E-state index >= 15 is 0 Å². The third kappa shape index (κ3) is 3.32. The van der Waals surface area contributed by atoms with Crippen molar-refractivity contribution in [2.75, 3.05) is 13.2 Å². The topological polar surface area (TPSA) is 9.23 Å². The Kier molecular flexibility index (Phi) is 4.37. The van der Waals surface area contributed by atoms with Crippen LogP contribution in [0.25, 0.3) is 10.8 Å². The largest absolute Gasteiger partial charge is 0.381 e. The molecule has 0 atom stereocenters. The molecule has 0 bridgehead atoms. The van der Waals surface area contributed by atoms with Crippen molar-refractivity contribution in [3.05, 3.63) is 46.9 Å². The first-order chi connectivity index (χ1) is 7.86. The van der Waals surface area contributed by atoms with E-state index in [4.69, 9.17) is 4.74 Å². The van der Waals surface area contributed by atoms with Crippen molar-refractivity contribution in [2.24, 2.45) is 0 Å². The molecular formula is C14H15BrO. The number of hydrogen-bond donors (Lipinski definition) is 0. The van der Waals surface area contributed by atoms with Gasteiger partial charge in [0, 0.05) is 17.7 Å². The number of ether oxygens (including phenoxy) is 1. The van der Waals surface area contributed by atoms with Crippen LogP contribution in [-0.2, 0) is 4.74 Å². The zero-order valence-electron chi connectivity index (χ0n) is 9.16. The Morgan fingerprint density at radius 2 is 1.56 bits per heavy atom. The van der Waals surface area contributed by atoms with E-state index in [0.717, 1.165) is 17.7 Å². The highest BCUT2D eigenvalue weighted by Gasteiger charge is 1.94. The van der Waals surface area contributed by atoms with Crippen LogP contribution in [0, 0.1) is 0 Å². The molecular weight excluding hydrogens is 264 g/mol. The van der Waals surface area contributed by atoms with Crippen LogP contribution in [0.3, 0.4) is 0 Å². The minimum Gasteiger partial charge on any atom is -0.381 e. The fourth-order valence-electron chi connectivity index (χ4n) is 1.67. The van der Waals surface area contributed by atoms with Gasteiger partial charge in [-0.05, 0) is 35.7 Å². The Morgan fingerprint density at radius 3 is 2.19 bits per heavy atom. The minimum atomic E-state index is 1.00. The average molecular weight is 279 g/mol. The summed E-state index contributed by atoms with van der Waals surface area (Å²) < 4.78 is 6.08. The molecule has 0 spiro atoms. The summed E-state index contributed by atoms with van der Waals surface area (Å²) in [5.74, 6) is 0. The van der Waals surface area contributed by atoms with E-state index in [1.165, 1.54) is 23.6 Å². The summed E-state index contributed by atoms with van der Waals surface area (Å²) in [5.41, 5.74) is 0. The number of rotatable bonds is 0. The maximum Gasteiger partial charge on any atom is 0.0466 e. The molecule has 2 aromatic rings. The van der Waals surface area contributed by atoms with Gasteiger partial charge in [-0.25, -0.2) is 0 Å². The van der Waals surface area contributed by atoms with Gasteiger partial charge in [0.25, 0.3) is 0 Å². The molecule has 0 saturated carbocycles. The summed E-state index contributed by atoms with van der Waals surface area (Å²) in [4.78, 5) is 0. The summed E-state index contributed by atoms with van der Waals surface area (Å²) in [6.45, 7) is 2.00. The first kappa shape index (κ1) is 11.6. The maximum atomic E-state index is 4.94. The Bertz CT molecular complexity index is 442. The third-order valence-electron chi connectivity index (χ3n) is 2.54. The molecule has 16 heavy (non-hydrogen) atoms. The van der Waals surface area contributed by atoms with Gasteiger partial charge >= 0.3 is 0 Å². The van der Waals surface area contributed by atoms with Crippen molar-refractivity contribution in [3.63, 3.8) is 0 Å². The minimum absolute atomic E-state index is 1.00. The van der Waals surface area contributed by atoms with Crippen LogP contribution in [0.5, 0.6) is 0 Å². The maximum absolute atomic E-state index is 4.94. The molecule has 1 saturated heterocycles. The van der Waals surface area contributed by atoms with Gasteiger partial charge in [0.2, 0.25) is 0 Å². The fourth-order valence-corrected chi connectivity index (χ4v) is 2.05. The highest BCUT2D eigenvalue weighted by Crippen LogP contribution is 2.18. The molecule has 1 fully saturated rings. The summed E-state index contributed by atoms with van der Waals surface area (Å²) in [6.07, 6.45) is 2.56. The summed E-state index contributed by atoms with van der Waals surface area (Å²) >= 11 is 3.43. The predicted octanol–water partition coefficient (Wildman–Crippen LogP) is 4.40. The second-order valence-corrected chi connectivity index (χ2v) is 4.73. The normalized spacial score (nSPS) is 14.6. The lowest BCUT2D eigenvalue weighted by Crippen LogP contribution is -1.74. The Balaban J connectivity index is 0.000000162. The van der Waals surface area contributed by atoms with Crippen molar-refractivity contribution >= 4 is 26.7 Å². The van der Waals surface area contributed by atoms with Crippen LogP contribution in [0.1, 0.15) is 12.8 Å². The van der Waals surface area contributed by atoms with E-state index in [1.807, 2.05) is 0 Å². The summed E-state index contributed by atoms with van der Waals surface area (Å²) in [5, 5.41) is 2.57. The van der Waals surface area contributed by atoms with E-state index in [-0.39, 0.29) is 0 Å². The lowest BCUT2D eigenvalue weighted by Gasteiger charge is -1.95. The number of benzene rings is 2. The zero-order valence-corrected chi connectivity index (χ0v) is 10.7. The van der Waals surface area contributed by atoms with Crippen molar-refractivity contribution in [2.45, 2.75) is 12.8 Å². The first-order valence-corrected chi connectivity index (χ1v) is 6.37. The lowest BCUT2D eigenvalue weighted by molar-refractivity contribution is 0.198. The van der Waals surface area contributed by atoms with E-state index in [2.05, 4.69) is 58.4 Å².